The fourth-order valence-corrected chi connectivity index (χ4v) is 6.30. The molecular weight excluding hydrogens is 624 g/mol. The number of ether oxygens (including phenoxy) is 5. The van der Waals surface area contributed by atoms with Gasteiger partial charge in [0.2, 0.25) is 0 Å². The molecule has 0 bridgehead atoms. The van der Waals surface area contributed by atoms with Crippen LogP contribution >= 0.6 is 0 Å². The van der Waals surface area contributed by atoms with Gasteiger partial charge in [0.05, 0.1) is 6.61 Å². The SMILES string of the molecule is CCCCCCCCCCCCO[C@@H]1O[C@H](CO)[C@@H](O[C@H]2O[C@H](COC(=O)CCCCCCCCCCC)[C@@H](O)[C@H](O)[C@H]2O)[C@H](O)[C@H]1O. The summed E-state index contributed by atoms with van der Waals surface area (Å²) in [4.78, 5) is 12.3. The number of aliphatic hydroxyl groups is 6. The molecule has 2 rings (SSSR count). The summed E-state index contributed by atoms with van der Waals surface area (Å²) >= 11 is 0. The maximum atomic E-state index is 12.3. The van der Waals surface area contributed by atoms with Gasteiger partial charge in [-0.05, 0) is 12.8 Å². The molecule has 12 heteroatoms. The van der Waals surface area contributed by atoms with E-state index in [0.717, 1.165) is 38.5 Å². The molecule has 2 fully saturated rings. The Bertz CT molecular complexity index is 801. The van der Waals surface area contributed by atoms with Crippen LogP contribution in [0.25, 0.3) is 0 Å². The number of unbranched alkanes of at least 4 members (excludes halogenated alkanes) is 17. The summed E-state index contributed by atoms with van der Waals surface area (Å²) < 4.78 is 28.1. The minimum absolute atomic E-state index is 0.216. The third-order valence-corrected chi connectivity index (χ3v) is 9.45. The minimum Gasteiger partial charge on any atom is -0.463 e. The normalized spacial score (nSPS) is 30.8. The van der Waals surface area contributed by atoms with Crippen LogP contribution in [0.3, 0.4) is 0 Å². The predicted molar refractivity (Wildman–Crippen MR) is 180 cm³/mol. The van der Waals surface area contributed by atoms with Gasteiger partial charge < -0.3 is 54.3 Å². The third-order valence-electron chi connectivity index (χ3n) is 9.45. The molecule has 12 nitrogen and oxygen atoms in total. The number of aliphatic hydroxyl groups excluding tert-OH is 6. The number of hydrogen-bond donors (Lipinski definition) is 6. The molecule has 6 N–H and O–H groups in total. The van der Waals surface area contributed by atoms with E-state index in [4.69, 9.17) is 23.7 Å². The molecule has 0 aromatic rings. The zero-order valence-electron chi connectivity index (χ0n) is 29.7. The summed E-state index contributed by atoms with van der Waals surface area (Å²) in [6, 6.07) is 0. The van der Waals surface area contributed by atoms with E-state index in [2.05, 4.69) is 13.8 Å². The van der Waals surface area contributed by atoms with Gasteiger partial charge in [-0.15, -0.1) is 0 Å². The molecule has 10 atom stereocenters. The van der Waals surface area contributed by atoms with Gasteiger partial charge >= 0.3 is 5.97 Å². The van der Waals surface area contributed by atoms with Gasteiger partial charge in [0, 0.05) is 13.0 Å². The van der Waals surface area contributed by atoms with Crippen LogP contribution in [-0.2, 0) is 28.5 Å². The number of rotatable bonds is 27. The lowest BCUT2D eigenvalue weighted by Gasteiger charge is -2.46. The van der Waals surface area contributed by atoms with E-state index in [-0.39, 0.29) is 13.0 Å². The molecule has 2 saturated heterocycles. The van der Waals surface area contributed by atoms with Crippen molar-refractivity contribution in [3.63, 3.8) is 0 Å². The average Bonchev–Trinajstić information content (AvgIpc) is 3.08. The first-order valence-electron chi connectivity index (χ1n) is 19.0. The molecule has 0 saturated carbocycles. The lowest BCUT2D eigenvalue weighted by molar-refractivity contribution is -0.359. The second-order valence-electron chi connectivity index (χ2n) is 13.6. The Labute approximate surface area is 288 Å². The van der Waals surface area contributed by atoms with Crippen LogP contribution in [0.5, 0.6) is 0 Å². The van der Waals surface area contributed by atoms with E-state index in [0.29, 0.717) is 13.0 Å². The highest BCUT2D eigenvalue weighted by Crippen LogP contribution is 2.30. The van der Waals surface area contributed by atoms with Gasteiger partial charge in [-0.2, -0.15) is 0 Å². The van der Waals surface area contributed by atoms with Crippen molar-refractivity contribution in [3.05, 3.63) is 0 Å². The Morgan fingerprint density at radius 3 is 1.58 bits per heavy atom. The second kappa shape index (κ2) is 25.9. The quantitative estimate of drug-likeness (QED) is 0.0538. The smallest absolute Gasteiger partial charge is 0.305 e. The Morgan fingerprint density at radius 1 is 0.562 bits per heavy atom. The van der Waals surface area contributed by atoms with E-state index >= 15 is 0 Å². The zero-order chi connectivity index (χ0) is 35.1. The van der Waals surface area contributed by atoms with Crippen LogP contribution in [0.4, 0.5) is 0 Å². The number of carbonyl (C=O) groups excluding carboxylic acids is 1. The minimum atomic E-state index is -1.73. The summed E-state index contributed by atoms with van der Waals surface area (Å²) in [5.74, 6) is -0.463. The third kappa shape index (κ3) is 16.0. The van der Waals surface area contributed by atoms with Crippen LogP contribution in [0.1, 0.15) is 142 Å². The van der Waals surface area contributed by atoms with Crippen LogP contribution < -0.4 is 0 Å². The zero-order valence-corrected chi connectivity index (χ0v) is 29.7. The Balaban J connectivity index is 1.74. The lowest BCUT2D eigenvalue weighted by atomic mass is 9.97. The molecule has 48 heavy (non-hydrogen) atoms. The van der Waals surface area contributed by atoms with Crippen molar-refractivity contribution >= 4 is 5.97 Å². The molecule has 0 spiro atoms. The fourth-order valence-electron chi connectivity index (χ4n) is 6.30. The monoisotopic (exact) mass is 692 g/mol. The Morgan fingerprint density at radius 2 is 1.04 bits per heavy atom. The van der Waals surface area contributed by atoms with Gasteiger partial charge in [-0.3, -0.25) is 4.79 Å². The molecule has 2 aliphatic heterocycles. The van der Waals surface area contributed by atoms with Crippen LogP contribution in [0.2, 0.25) is 0 Å². The summed E-state index contributed by atoms with van der Waals surface area (Å²) in [6.07, 6.45) is 7.20. The van der Waals surface area contributed by atoms with Gasteiger partial charge in [-0.1, -0.05) is 123 Å². The van der Waals surface area contributed by atoms with Crippen molar-refractivity contribution in [2.24, 2.45) is 0 Å². The van der Waals surface area contributed by atoms with Crippen LogP contribution in [0.15, 0.2) is 0 Å². The van der Waals surface area contributed by atoms with Gasteiger partial charge in [0.1, 0.15) is 55.4 Å². The first-order valence-corrected chi connectivity index (χ1v) is 19.0. The van der Waals surface area contributed by atoms with Crippen LogP contribution in [0, 0.1) is 0 Å². The highest BCUT2D eigenvalue weighted by molar-refractivity contribution is 5.69. The van der Waals surface area contributed by atoms with E-state index in [1.165, 1.54) is 77.0 Å². The van der Waals surface area contributed by atoms with Crippen molar-refractivity contribution in [2.45, 2.75) is 204 Å². The predicted octanol–water partition coefficient (Wildman–Crippen LogP) is 4.02. The molecule has 0 aromatic carbocycles. The van der Waals surface area contributed by atoms with Crippen molar-refractivity contribution in [2.75, 3.05) is 19.8 Å². The maximum Gasteiger partial charge on any atom is 0.305 e. The maximum absolute atomic E-state index is 12.3. The fraction of sp³-hybridized carbons (Fsp3) is 0.972. The highest BCUT2D eigenvalue weighted by atomic mass is 16.7. The first kappa shape index (κ1) is 43.2. The standard InChI is InChI=1S/C36H68O12/c1-3-5-7-9-11-13-15-17-19-21-23-44-35-33(43)31(41)34(26(24-37)46-35)48-36-32(42)30(40)29(39)27(47-36)25-45-28(38)22-20-18-16-14-12-10-8-6-4-2/h26-27,29-37,39-43H,3-25H2,1-2H3/t26-,27-,29-,30+,31-,32-,33-,34-,35-,36-/m1/s1. The summed E-state index contributed by atoms with van der Waals surface area (Å²) in [7, 11) is 0. The lowest BCUT2D eigenvalue weighted by Crippen LogP contribution is -2.64. The van der Waals surface area contributed by atoms with Crippen molar-refractivity contribution in [3.8, 4) is 0 Å². The largest absolute Gasteiger partial charge is 0.463 e. The van der Waals surface area contributed by atoms with Crippen molar-refractivity contribution in [1.29, 1.82) is 0 Å². The molecule has 0 radical (unpaired) electrons. The number of esters is 1. The molecule has 284 valence electrons. The Hall–Kier alpha value is -0.930. The van der Waals surface area contributed by atoms with Gasteiger partial charge in [-0.25, -0.2) is 0 Å². The molecular formula is C36H68O12. The first-order chi connectivity index (χ1) is 23.2. The van der Waals surface area contributed by atoms with E-state index < -0.39 is 74.0 Å². The van der Waals surface area contributed by atoms with E-state index in [1.54, 1.807) is 0 Å². The summed E-state index contributed by atoms with van der Waals surface area (Å²) in [5, 5.41) is 63.1. The number of hydrogen-bond acceptors (Lipinski definition) is 12. The molecule has 2 aliphatic rings. The number of carbonyl (C=O) groups is 1. The second-order valence-corrected chi connectivity index (χ2v) is 13.6. The van der Waals surface area contributed by atoms with Gasteiger partial charge in [0.25, 0.3) is 0 Å². The van der Waals surface area contributed by atoms with Crippen molar-refractivity contribution in [1.82, 2.24) is 0 Å². The molecule has 0 amide bonds. The van der Waals surface area contributed by atoms with Crippen molar-refractivity contribution < 1.29 is 59.1 Å². The highest BCUT2D eigenvalue weighted by Gasteiger charge is 2.51. The molecule has 0 aromatic heterocycles. The van der Waals surface area contributed by atoms with Gasteiger partial charge in [0.15, 0.2) is 12.6 Å². The van der Waals surface area contributed by atoms with E-state index in [9.17, 15) is 35.4 Å². The van der Waals surface area contributed by atoms with E-state index in [1.807, 2.05) is 0 Å². The molecule has 0 unspecified atom stereocenters. The average molecular weight is 693 g/mol. The Kier molecular flexibility index (Phi) is 23.4. The summed E-state index contributed by atoms with van der Waals surface area (Å²) in [6.45, 7) is 3.73. The summed E-state index contributed by atoms with van der Waals surface area (Å²) in [5.41, 5.74) is 0. The van der Waals surface area contributed by atoms with Crippen LogP contribution in [-0.4, -0.2) is 118 Å². The molecule has 0 aliphatic carbocycles. The molecule has 2 heterocycles. The topological polar surface area (TPSA) is 185 Å².